The predicted octanol–water partition coefficient (Wildman–Crippen LogP) is 1.38. The number of aliphatic hydroxyl groups is 1. The minimum Gasteiger partial charge on any atom is -0.395 e. The Labute approximate surface area is 120 Å². The first-order valence-electron chi connectivity index (χ1n) is 6.47. The third kappa shape index (κ3) is 2.43. The van der Waals surface area contributed by atoms with E-state index in [0.717, 1.165) is 5.39 Å². The molecular weight excluding hydrogens is 273 g/mol. The topological polar surface area (TPSA) is 67.1 Å². The zero-order valence-electron chi connectivity index (χ0n) is 11.4. The molecule has 0 aliphatic carbocycles. The highest BCUT2D eigenvalue weighted by Gasteiger charge is 2.13. The van der Waals surface area contributed by atoms with Crippen molar-refractivity contribution in [3.8, 4) is 5.69 Å². The van der Waals surface area contributed by atoms with Crippen LogP contribution in [-0.2, 0) is 0 Å². The average Bonchev–Trinajstić information content (AvgIpc) is 2.91. The van der Waals surface area contributed by atoms with E-state index in [4.69, 9.17) is 5.11 Å². The van der Waals surface area contributed by atoms with Crippen LogP contribution in [0.2, 0.25) is 0 Å². The van der Waals surface area contributed by atoms with Crippen molar-refractivity contribution in [2.45, 2.75) is 0 Å². The highest BCUT2D eigenvalue weighted by molar-refractivity contribution is 5.87. The zero-order chi connectivity index (χ0) is 14.8. The number of hydrogen-bond acceptors (Lipinski definition) is 5. The smallest absolute Gasteiger partial charge is 0.168 e. The Morgan fingerprint density at radius 2 is 2.19 bits per heavy atom. The molecule has 0 unspecified atom stereocenters. The van der Waals surface area contributed by atoms with Gasteiger partial charge in [-0.3, -0.25) is 0 Å². The number of fused-ring (bicyclic) bond motifs is 1. The maximum absolute atomic E-state index is 13.4. The van der Waals surface area contributed by atoms with Gasteiger partial charge in [0, 0.05) is 13.6 Å². The van der Waals surface area contributed by atoms with Gasteiger partial charge in [-0.25, -0.2) is 19.0 Å². The van der Waals surface area contributed by atoms with E-state index in [1.807, 2.05) is 11.9 Å². The molecule has 2 heterocycles. The lowest BCUT2D eigenvalue weighted by molar-refractivity contribution is 0.304. The number of likely N-dealkylation sites (N-methyl/N-ethyl adjacent to an activating group) is 1. The molecule has 0 radical (unpaired) electrons. The van der Waals surface area contributed by atoms with Crippen LogP contribution < -0.4 is 4.90 Å². The monoisotopic (exact) mass is 287 g/mol. The fourth-order valence-electron chi connectivity index (χ4n) is 2.19. The van der Waals surface area contributed by atoms with Crippen molar-refractivity contribution in [1.29, 1.82) is 0 Å². The number of aliphatic hydroxyl groups excluding tert-OH is 1. The molecule has 2 aromatic heterocycles. The van der Waals surface area contributed by atoms with Crippen molar-refractivity contribution in [3.05, 3.63) is 42.6 Å². The number of rotatable bonds is 4. The van der Waals surface area contributed by atoms with Crippen LogP contribution in [-0.4, -0.2) is 45.1 Å². The van der Waals surface area contributed by atoms with Crippen molar-refractivity contribution in [3.63, 3.8) is 0 Å². The quantitative estimate of drug-likeness (QED) is 0.785. The molecule has 3 rings (SSSR count). The summed E-state index contributed by atoms with van der Waals surface area (Å²) in [6.45, 7) is 0.483. The largest absolute Gasteiger partial charge is 0.395 e. The van der Waals surface area contributed by atoms with Crippen molar-refractivity contribution in [2.75, 3.05) is 25.1 Å². The Kier molecular flexibility index (Phi) is 3.49. The summed E-state index contributed by atoms with van der Waals surface area (Å²) in [7, 11) is 1.83. The Bertz CT molecular complexity index is 773. The number of aromatic nitrogens is 4. The first-order valence-corrected chi connectivity index (χ1v) is 6.47. The van der Waals surface area contributed by atoms with Gasteiger partial charge >= 0.3 is 0 Å². The van der Waals surface area contributed by atoms with Gasteiger partial charge in [0.1, 0.15) is 18.0 Å². The van der Waals surface area contributed by atoms with Crippen LogP contribution in [0.1, 0.15) is 0 Å². The predicted molar refractivity (Wildman–Crippen MR) is 77.0 cm³/mol. The standard InChI is InChI=1S/C14H14FN5O/c1-19(5-6-21)13-12-8-18-20(14(12)17-9-16-13)11-4-2-3-10(15)7-11/h2-4,7-9,21H,5-6H2,1H3. The van der Waals surface area contributed by atoms with Gasteiger partial charge in [0.05, 0.1) is 23.9 Å². The van der Waals surface area contributed by atoms with E-state index in [9.17, 15) is 4.39 Å². The van der Waals surface area contributed by atoms with E-state index in [1.54, 1.807) is 23.0 Å². The van der Waals surface area contributed by atoms with Crippen molar-refractivity contribution in [2.24, 2.45) is 0 Å². The van der Waals surface area contributed by atoms with Gasteiger partial charge in [0.2, 0.25) is 0 Å². The van der Waals surface area contributed by atoms with Gasteiger partial charge in [0.25, 0.3) is 0 Å². The number of benzene rings is 1. The lowest BCUT2D eigenvalue weighted by Gasteiger charge is -2.16. The van der Waals surface area contributed by atoms with E-state index in [0.29, 0.717) is 23.7 Å². The van der Waals surface area contributed by atoms with Crippen molar-refractivity contribution < 1.29 is 9.50 Å². The molecule has 0 saturated heterocycles. The third-order valence-corrected chi connectivity index (χ3v) is 3.19. The number of nitrogens with zero attached hydrogens (tertiary/aromatic N) is 5. The zero-order valence-corrected chi connectivity index (χ0v) is 11.4. The van der Waals surface area contributed by atoms with Crippen LogP contribution in [0.5, 0.6) is 0 Å². The summed E-state index contributed by atoms with van der Waals surface area (Å²) in [5.74, 6) is 0.347. The van der Waals surface area contributed by atoms with Crippen LogP contribution in [0.3, 0.4) is 0 Å². The van der Waals surface area contributed by atoms with Crippen LogP contribution in [0.15, 0.2) is 36.8 Å². The Morgan fingerprint density at radius 1 is 1.33 bits per heavy atom. The molecule has 6 nitrogen and oxygen atoms in total. The molecule has 1 aromatic carbocycles. The molecule has 0 fully saturated rings. The van der Waals surface area contributed by atoms with Crippen LogP contribution in [0, 0.1) is 5.82 Å². The summed E-state index contributed by atoms with van der Waals surface area (Å²) in [4.78, 5) is 10.3. The Hall–Kier alpha value is -2.54. The molecule has 1 N–H and O–H groups in total. The van der Waals surface area contributed by atoms with E-state index in [2.05, 4.69) is 15.1 Å². The molecular formula is C14H14FN5O. The van der Waals surface area contributed by atoms with E-state index < -0.39 is 0 Å². The maximum Gasteiger partial charge on any atom is 0.168 e. The Balaban J connectivity index is 2.13. The molecule has 0 aliphatic heterocycles. The van der Waals surface area contributed by atoms with E-state index in [1.165, 1.54) is 18.5 Å². The molecule has 0 spiro atoms. The first kappa shape index (κ1) is 13.4. The van der Waals surface area contributed by atoms with Crippen LogP contribution in [0.25, 0.3) is 16.7 Å². The molecule has 3 aromatic rings. The van der Waals surface area contributed by atoms with Gasteiger partial charge in [-0.05, 0) is 18.2 Å². The lowest BCUT2D eigenvalue weighted by Crippen LogP contribution is -2.22. The number of halogens is 1. The van der Waals surface area contributed by atoms with Gasteiger partial charge in [-0.2, -0.15) is 5.10 Å². The second-order valence-electron chi connectivity index (χ2n) is 4.62. The molecule has 108 valence electrons. The van der Waals surface area contributed by atoms with Gasteiger partial charge in [-0.1, -0.05) is 6.07 Å². The summed E-state index contributed by atoms with van der Waals surface area (Å²) in [5, 5.41) is 14.1. The summed E-state index contributed by atoms with van der Waals surface area (Å²) in [6, 6.07) is 6.16. The summed E-state index contributed by atoms with van der Waals surface area (Å²) >= 11 is 0. The van der Waals surface area contributed by atoms with E-state index >= 15 is 0 Å². The molecule has 0 saturated carbocycles. The summed E-state index contributed by atoms with van der Waals surface area (Å²) in [6.07, 6.45) is 3.08. The van der Waals surface area contributed by atoms with Crippen molar-refractivity contribution in [1.82, 2.24) is 19.7 Å². The summed E-state index contributed by atoms with van der Waals surface area (Å²) < 4.78 is 14.9. The Morgan fingerprint density at radius 3 is 2.95 bits per heavy atom. The highest BCUT2D eigenvalue weighted by Crippen LogP contribution is 2.23. The molecule has 0 atom stereocenters. The minimum absolute atomic E-state index is 0.0278. The van der Waals surface area contributed by atoms with Crippen LogP contribution >= 0.6 is 0 Å². The normalized spacial score (nSPS) is 11.0. The fourth-order valence-corrected chi connectivity index (χ4v) is 2.19. The molecule has 7 heteroatoms. The van der Waals surface area contributed by atoms with Crippen LogP contribution in [0.4, 0.5) is 10.2 Å². The highest BCUT2D eigenvalue weighted by atomic mass is 19.1. The summed E-state index contributed by atoms with van der Waals surface area (Å²) in [5.41, 5.74) is 1.19. The molecule has 0 aliphatic rings. The maximum atomic E-state index is 13.4. The third-order valence-electron chi connectivity index (χ3n) is 3.19. The molecule has 0 amide bonds. The number of anilines is 1. The van der Waals surface area contributed by atoms with Gasteiger partial charge in [0.15, 0.2) is 5.65 Å². The lowest BCUT2D eigenvalue weighted by atomic mass is 10.3. The van der Waals surface area contributed by atoms with E-state index in [-0.39, 0.29) is 12.4 Å². The SMILES string of the molecule is CN(CCO)c1ncnc2c1cnn2-c1cccc(F)c1. The van der Waals surface area contributed by atoms with Crippen molar-refractivity contribution >= 4 is 16.9 Å². The second kappa shape index (κ2) is 5.45. The molecule has 21 heavy (non-hydrogen) atoms. The fraction of sp³-hybridized carbons (Fsp3) is 0.214. The molecule has 0 bridgehead atoms. The second-order valence-corrected chi connectivity index (χ2v) is 4.62. The van der Waals surface area contributed by atoms with Gasteiger partial charge in [-0.15, -0.1) is 0 Å². The number of hydrogen-bond donors (Lipinski definition) is 1. The first-order chi connectivity index (χ1) is 10.2. The van der Waals surface area contributed by atoms with Gasteiger partial charge < -0.3 is 10.0 Å². The minimum atomic E-state index is -0.331. The average molecular weight is 287 g/mol.